The van der Waals surface area contributed by atoms with E-state index in [0.29, 0.717) is 6.42 Å². The molecule has 0 heterocycles. The average Bonchev–Trinajstić information content (AvgIpc) is 3.02. The molecule has 0 unspecified atom stereocenters. The van der Waals surface area contributed by atoms with Crippen LogP contribution in [0.3, 0.4) is 0 Å². The third-order valence-corrected chi connectivity index (χ3v) is 2.51. The number of oxime groups is 2. The van der Waals surface area contributed by atoms with Crippen LogP contribution in [0.15, 0.2) is 51.3 Å². The maximum Gasteiger partial charge on any atom is 0.156 e. The molecule has 0 bridgehead atoms. The van der Waals surface area contributed by atoms with Gasteiger partial charge in [-0.25, -0.2) is 12.2 Å². The first-order chi connectivity index (χ1) is 9.17. The molecule has 5 nitrogen and oxygen atoms in total. The first-order valence-electron chi connectivity index (χ1n) is 5.68. The van der Waals surface area contributed by atoms with Gasteiger partial charge < -0.3 is 10.4 Å². The molecule has 0 aliphatic heterocycles. The predicted molar refractivity (Wildman–Crippen MR) is 72.5 cm³/mol. The molecule has 2 aliphatic carbocycles. The smallest absolute Gasteiger partial charge is 0.156 e. The van der Waals surface area contributed by atoms with Crippen molar-refractivity contribution in [3.63, 3.8) is 0 Å². The van der Waals surface area contributed by atoms with Crippen LogP contribution in [0.25, 0.3) is 0 Å². The van der Waals surface area contributed by atoms with Gasteiger partial charge in [0.05, 0.1) is 12.4 Å². The fourth-order valence-electron chi connectivity index (χ4n) is 1.51. The van der Waals surface area contributed by atoms with Gasteiger partial charge >= 0.3 is 0 Å². The van der Waals surface area contributed by atoms with E-state index in [0.717, 1.165) is 23.1 Å². The van der Waals surface area contributed by atoms with Crippen LogP contribution in [0, 0.1) is 6.08 Å². The second-order valence-corrected chi connectivity index (χ2v) is 3.94. The van der Waals surface area contributed by atoms with E-state index in [9.17, 15) is 4.79 Å². The zero-order chi connectivity index (χ0) is 14.1. The first-order valence-corrected chi connectivity index (χ1v) is 5.68. The van der Waals surface area contributed by atoms with Crippen LogP contribution in [0.5, 0.6) is 0 Å². The van der Waals surface area contributed by atoms with Crippen LogP contribution in [-0.4, -0.2) is 28.6 Å². The standard InChI is InChI=1S/C8H9NO2.C6H6NO.Y/c1-6(10)8-3-2-7(4-8)5-9-11;8-7-5-6-3-1-2-4-6;/h2-3,5,11H,4H2,1H3;1,3,5,8H,4H2;/q;-1;/b9-5+;7-5+;. The van der Waals surface area contributed by atoms with Gasteiger partial charge in [-0.2, -0.15) is 0 Å². The molecule has 0 aromatic rings. The second-order valence-electron chi connectivity index (χ2n) is 3.94. The number of carbonyl (C=O) groups is 1. The molecule has 0 amide bonds. The number of carbonyl (C=O) groups excluding carboxylic acids is 1. The molecule has 0 aromatic heterocycles. The Morgan fingerprint density at radius 1 is 1.20 bits per heavy atom. The third kappa shape index (κ3) is 6.73. The summed E-state index contributed by atoms with van der Waals surface area (Å²) in [4.78, 5) is 10.8. The average molecular weight is 348 g/mol. The van der Waals surface area contributed by atoms with E-state index in [2.05, 4.69) is 16.4 Å². The summed E-state index contributed by atoms with van der Waals surface area (Å²) in [6.45, 7) is 1.53. The summed E-state index contributed by atoms with van der Waals surface area (Å²) in [7, 11) is 0. The van der Waals surface area contributed by atoms with E-state index < -0.39 is 0 Å². The molecule has 0 saturated carbocycles. The summed E-state index contributed by atoms with van der Waals surface area (Å²) in [5, 5.41) is 21.9. The molecule has 6 heteroatoms. The normalized spacial score (nSPS) is 16.4. The molecule has 2 N–H and O–H groups in total. The van der Waals surface area contributed by atoms with Crippen LogP contribution >= 0.6 is 0 Å². The Balaban J connectivity index is 0.000000359. The number of Topliss-reactive ketones (excluding diaryl/α,β-unsaturated/α-hetero) is 1. The van der Waals surface area contributed by atoms with Gasteiger partial charge in [0.15, 0.2) is 5.78 Å². The Hall–Kier alpha value is -1.33. The Labute approximate surface area is 143 Å². The molecule has 2 rings (SSSR count). The number of hydrogen-bond donors (Lipinski definition) is 2. The van der Waals surface area contributed by atoms with Crippen molar-refractivity contribution in [3.05, 3.63) is 47.1 Å². The van der Waals surface area contributed by atoms with Gasteiger partial charge in [0.1, 0.15) is 0 Å². The minimum absolute atomic E-state index is 0. The van der Waals surface area contributed by atoms with E-state index >= 15 is 0 Å². The second kappa shape index (κ2) is 10.5. The van der Waals surface area contributed by atoms with Crippen LogP contribution in [-0.2, 0) is 37.5 Å². The van der Waals surface area contributed by atoms with Gasteiger partial charge in [-0.05, 0) is 18.1 Å². The molecule has 103 valence electrons. The topological polar surface area (TPSA) is 82.2 Å². The van der Waals surface area contributed by atoms with Crippen molar-refractivity contribution in [2.75, 3.05) is 0 Å². The van der Waals surface area contributed by atoms with Gasteiger partial charge in [0.25, 0.3) is 0 Å². The first kappa shape index (κ1) is 18.7. The third-order valence-electron chi connectivity index (χ3n) is 2.51. The van der Waals surface area contributed by atoms with E-state index in [1.54, 1.807) is 12.2 Å². The summed E-state index contributed by atoms with van der Waals surface area (Å²) in [5.41, 5.74) is 2.62. The van der Waals surface area contributed by atoms with Crippen molar-refractivity contribution in [3.8, 4) is 0 Å². The van der Waals surface area contributed by atoms with E-state index in [1.807, 2.05) is 12.2 Å². The molecule has 20 heavy (non-hydrogen) atoms. The van der Waals surface area contributed by atoms with Crippen molar-refractivity contribution < 1.29 is 47.9 Å². The van der Waals surface area contributed by atoms with Crippen LogP contribution in [0.1, 0.15) is 19.8 Å². The van der Waals surface area contributed by atoms with Crippen molar-refractivity contribution >= 4 is 18.2 Å². The van der Waals surface area contributed by atoms with Gasteiger partial charge in [-0.3, -0.25) is 10.9 Å². The Kier molecular flexibility index (Phi) is 9.77. The quantitative estimate of drug-likeness (QED) is 0.356. The molecule has 0 saturated heterocycles. The molecule has 2 aliphatic rings. The van der Waals surface area contributed by atoms with Gasteiger partial charge in [0.2, 0.25) is 0 Å². The minimum Gasteiger partial charge on any atom is -0.411 e. The molecular formula is C14H15N2O3Y-. The van der Waals surface area contributed by atoms with Gasteiger partial charge in [0, 0.05) is 39.1 Å². The van der Waals surface area contributed by atoms with Crippen molar-refractivity contribution in [2.24, 2.45) is 10.3 Å². The maximum absolute atomic E-state index is 10.8. The maximum atomic E-state index is 10.8. The molecule has 1 radical (unpaired) electrons. The van der Waals surface area contributed by atoms with E-state index in [1.165, 1.54) is 19.4 Å². The minimum atomic E-state index is 0. The Bertz CT molecular complexity index is 515. The fourth-order valence-corrected chi connectivity index (χ4v) is 1.51. The van der Waals surface area contributed by atoms with E-state index in [4.69, 9.17) is 10.4 Å². The zero-order valence-electron chi connectivity index (χ0n) is 11.2. The van der Waals surface area contributed by atoms with Crippen molar-refractivity contribution in [1.82, 2.24) is 0 Å². The summed E-state index contributed by atoms with van der Waals surface area (Å²) in [6.07, 6.45) is 14.2. The number of hydrogen-bond acceptors (Lipinski definition) is 5. The van der Waals surface area contributed by atoms with Crippen LogP contribution in [0.4, 0.5) is 0 Å². The fraction of sp³-hybridized carbons (Fsp3) is 0.214. The summed E-state index contributed by atoms with van der Waals surface area (Å²) >= 11 is 0. The molecule has 0 spiro atoms. The monoisotopic (exact) mass is 348 g/mol. The number of ketones is 1. The van der Waals surface area contributed by atoms with Gasteiger partial charge in [-0.1, -0.05) is 22.5 Å². The largest absolute Gasteiger partial charge is 0.411 e. The Morgan fingerprint density at radius 3 is 2.30 bits per heavy atom. The summed E-state index contributed by atoms with van der Waals surface area (Å²) < 4.78 is 0. The number of nitrogens with zero attached hydrogens (tertiary/aromatic N) is 2. The van der Waals surface area contributed by atoms with Crippen LogP contribution < -0.4 is 0 Å². The molecule has 0 atom stereocenters. The van der Waals surface area contributed by atoms with Crippen molar-refractivity contribution in [2.45, 2.75) is 19.8 Å². The SMILES string of the molecule is CC(=O)C1=CC=C(/C=N/O)C1.O/N=C/C1=CC=[C-]C1.[Y]. The molecular weight excluding hydrogens is 333 g/mol. The van der Waals surface area contributed by atoms with Crippen molar-refractivity contribution in [1.29, 1.82) is 0 Å². The Morgan fingerprint density at radius 2 is 1.85 bits per heavy atom. The zero-order valence-corrected chi connectivity index (χ0v) is 14.0. The molecule has 0 aromatic carbocycles. The van der Waals surface area contributed by atoms with E-state index in [-0.39, 0.29) is 38.5 Å². The molecule has 0 fully saturated rings. The summed E-state index contributed by atoms with van der Waals surface area (Å²) in [5.74, 6) is 0.0718. The number of rotatable bonds is 3. The summed E-state index contributed by atoms with van der Waals surface area (Å²) in [6, 6.07) is 0. The van der Waals surface area contributed by atoms with Gasteiger partial charge in [-0.15, -0.1) is 12.0 Å². The predicted octanol–water partition coefficient (Wildman–Crippen LogP) is 2.43. The van der Waals surface area contributed by atoms with Crippen LogP contribution in [0.2, 0.25) is 0 Å². The number of allylic oxidation sites excluding steroid dienone is 8.